The average molecular weight is 273 g/mol. The Hall–Kier alpha value is -2.50. The van der Waals surface area contributed by atoms with Crippen LogP contribution in [-0.4, -0.2) is 17.7 Å². The molecule has 0 aliphatic carbocycles. The maximum absolute atomic E-state index is 12.2. The van der Waals surface area contributed by atoms with Crippen molar-refractivity contribution in [1.82, 2.24) is 5.16 Å². The summed E-state index contributed by atoms with van der Waals surface area (Å²) in [7, 11) is 0. The van der Waals surface area contributed by atoms with Crippen molar-refractivity contribution in [3.05, 3.63) is 35.2 Å². The number of ether oxygens (including phenoxy) is 1. The lowest BCUT2D eigenvalue weighted by molar-refractivity contribution is -0.121. The second kappa shape index (κ2) is 4.56. The van der Waals surface area contributed by atoms with Crippen LogP contribution in [0.1, 0.15) is 17.0 Å². The molecule has 0 saturated carbocycles. The molecule has 6 nitrogen and oxygen atoms in total. The Morgan fingerprint density at radius 1 is 1.40 bits per heavy atom. The number of rotatable bonds is 2. The van der Waals surface area contributed by atoms with Crippen LogP contribution in [0.25, 0.3) is 0 Å². The summed E-state index contributed by atoms with van der Waals surface area (Å²) in [6.07, 6.45) is 0. The second-order valence-electron chi connectivity index (χ2n) is 4.77. The number of aromatic nitrogens is 1. The van der Waals surface area contributed by atoms with E-state index in [9.17, 15) is 4.79 Å². The number of fused-ring (bicyclic) bond motifs is 1. The minimum absolute atomic E-state index is 0.0137. The van der Waals surface area contributed by atoms with E-state index < -0.39 is 0 Å². The van der Waals surface area contributed by atoms with Crippen molar-refractivity contribution in [3.8, 4) is 5.75 Å². The van der Waals surface area contributed by atoms with Gasteiger partial charge >= 0.3 is 0 Å². The molecule has 0 radical (unpaired) electrons. The Balaban J connectivity index is 2.04. The second-order valence-corrected chi connectivity index (χ2v) is 4.77. The summed E-state index contributed by atoms with van der Waals surface area (Å²) in [5.74, 6) is 1.20. The highest BCUT2D eigenvalue weighted by Crippen LogP contribution is 2.38. The molecule has 1 amide bonds. The molecule has 0 fully saturated rings. The lowest BCUT2D eigenvalue weighted by atomic mass is 10.1. The lowest BCUT2D eigenvalue weighted by Crippen LogP contribution is -2.39. The molecule has 0 bridgehead atoms. The van der Waals surface area contributed by atoms with Crippen LogP contribution in [0.4, 0.5) is 11.4 Å². The van der Waals surface area contributed by atoms with Crippen LogP contribution in [0.2, 0.25) is 0 Å². The minimum Gasteiger partial charge on any atom is -0.481 e. The van der Waals surface area contributed by atoms with Gasteiger partial charge in [0.15, 0.2) is 6.61 Å². The summed E-state index contributed by atoms with van der Waals surface area (Å²) in [6.45, 7) is 4.08. The number of carbonyl (C=O) groups excluding carboxylic acids is 1. The van der Waals surface area contributed by atoms with Gasteiger partial charge in [-0.05, 0) is 26.0 Å². The number of benzene rings is 1. The van der Waals surface area contributed by atoms with Gasteiger partial charge in [0.2, 0.25) is 0 Å². The standard InChI is InChI=1S/C14H15N3O3/c1-8-10(9(2)20-16-8)6-17-13(18)7-19-12-5-3-4-11(15)14(12)17/h3-5H,6-7,15H2,1-2H3. The molecule has 2 heterocycles. The van der Waals surface area contributed by atoms with E-state index in [0.717, 1.165) is 11.3 Å². The molecule has 0 unspecified atom stereocenters. The van der Waals surface area contributed by atoms with E-state index in [0.29, 0.717) is 29.4 Å². The molecule has 0 atom stereocenters. The third kappa shape index (κ3) is 1.89. The summed E-state index contributed by atoms with van der Waals surface area (Å²) < 4.78 is 10.6. The fraction of sp³-hybridized carbons (Fsp3) is 0.286. The SMILES string of the molecule is Cc1noc(C)c1CN1C(=O)COc2cccc(N)c21. The Morgan fingerprint density at radius 2 is 2.20 bits per heavy atom. The first kappa shape index (κ1) is 12.5. The number of amides is 1. The Kier molecular flexibility index (Phi) is 2.85. The number of hydrogen-bond acceptors (Lipinski definition) is 5. The Morgan fingerprint density at radius 3 is 2.90 bits per heavy atom. The van der Waals surface area contributed by atoms with Crippen molar-refractivity contribution >= 4 is 17.3 Å². The van der Waals surface area contributed by atoms with Gasteiger partial charge < -0.3 is 15.0 Å². The normalized spacial score (nSPS) is 14.1. The monoisotopic (exact) mass is 273 g/mol. The van der Waals surface area contributed by atoms with Gasteiger partial charge in [0.05, 0.1) is 17.9 Å². The van der Waals surface area contributed by atoms with Crippen LogP contribution < -0.4 is 15.4 Å². The predicted octanol–water partition coefficient (Wildman–Crippen LogP) is 1.80. The van der Waals surface area contributed by atoms with Crippen LogP contribution in [0.5, 0.6) is 5.75 Å². The van der Waals surface area contributed by atoms with Gasteiger partial charge in [-0.2, -0.15) is 0 Å². The number of carbonyl (C=O) groups is 1. The summed E-state index contributed by atoms with van der Waals surface area (Å²) in [5.41, 5.74) is 8.79. The van der Waals surface area contributed by atoms with Crippen molar-refractivity contribution in [2.75, 3.05) is 17.2 Å². The van der Waals surface area contributed by atoms with Crippen LogP contribution >= 0.6 is 0 Å². The van der Waals surface area contributed by atoms with E-state index in [1.807, 2.05) is 13.8 Å². The van der Waals surface area contributed by atoms with Gasteiger partial charge in [0.1, 0.15) is 17.2 Å². The molecule has 3 rings (SSSR count). The zero-order valence-electron chi connectivity index (χ0n) is 11.3. The van der Waals surface area contributed by atoms with Crippen LogP contribution in [-0.2, 0) is 11.3 Å². The Labute approximate surface area is 116 Å². The number of nitrogen functional groups attached to an aromatic ring is 1. The molecule has 104 valence electrons. The van der Waals surface area contributed by atoms with Crippen molar-refractivity contribution in [3.63, 3.8) is 0 Å². The topological polar surface area (TPSA) is 81.6 Å². The van der Waals surface area contributed by atoms with Crippen molar-refractivity contribution in [1.29, 1.82) is 0 Å². The first-order valence-electron chi connectivity index (χ1n) is 6.31. The van der Waals surface area contributed by atoms with E-state index >= 15 is 0 Å². The number of anilines is 2. The van der Waals surface area contributed by atoms with Crippen LogP contribution in [0, 0.1) is 13.8 Å². The minimum atomic E-state index is -0.129. The number of aryl methyl sites for hydroxylation is 2. The molecule has 2 aromatic rings. The molecule has 1 aliphatic rings. The number of para-hydroxylation sites is 1. The molecular formula is C14H15N3O3. The molecule has 2 N–H and O–H groups in total. The van der Waals surface area contributed by atoms with Crippen LogP contribution in [0.15, 0.2) is 22.7 Å². The predicted molar refractivity (Wildman–Crippen MR) is 73.5 cm³/mol. The third-order valence-corrected chi connectivity index (χ3v) is 3.45. The average Bonchev–Trinajstić information content (AvgIpc) is 2.73. The molecule has 0 saturated heterocycles. The third-order valence-electron chi connectivity index (χ3n) is 3.45. The molecule has 6 heteroatoms. The molecule has 1 aliphatic heterocycles. The highest BCUT2D eigenvalue weighted by molar-refractivity contribution is 6.01. The lowest BCUT2D eigenvalue weighted by Gasteiger charge is -2.30. The van der Waals surface area contributed by atoms with Gasteiger partial charge in [0, 0.05) is 5.56 Å². The number of nitrogens with zero attached hydrogens (tertiary/aromatic N) is 2. The van der Waals surface area contributed by atoms with E-state index in [1.165, 1.54) is 0 Å². The Bertz CT molecular complexity index is 659. The van der Waals surface area contributed by atoms with E-state index in [4.69, 9.17) is 15.0 Å². The largest absolute Gasteiger partial charge is 0.481 e. The van der Waals surface area contributed by atoms with Gasteiger partial charge in [0.25, 0.3) is 5.91 Å². The molecule has 1 aromatic heterocycles. The molecule has 20 heavy (non-hydrogen) atoms. The number of nitrogens with two attached hydrogens (primary N) is 1. The first-order chi connectivity index (χ1) is 9.58. The van der Waals surface area contributed by atoms with E-state index in [1.54, 1.807) is 23.1 Å². The molecular weight excluding hydrogens is 258 g/mol. The fourth-order valence-corrected chi connectivity index (χ4v) is 2.34. The van der Waals surface area contributed by atoms with Gasteiger partial charge in [-0.1, -0.05) is 11.2 Å². The highest BCUT2D eigenvalue weighted by atomic mass is 16.5. The zero-order chi connectivity index (χ0) is 14.3. The highest BCUT2D eigenvalue weighted by Gasteiger charge is 2.29. The summed E-state index contributed by atoms with van der Waals surface area (Å²) >= 11 is 0. The smallest absolute Gasteiger partial charge is 0.265 e. The fourth-order valence-electron chi connectivity index (χ4n) is 2.34. The van der Waals surface area contributed by atoms with E-state index in [-0.39, 0.29) is 12.5 Å². The van der Waals surface area contributed by atoms with Gasteiger partial charge in [-0.25, -0.2) is 0 Å². The maximum atomic E-state index is 12.2. The zero-order valence-corrected chi connectivity index (χ0v) is 11.3. The van der Waals surface area contributed by atoms with E-state index in [2.05, 4.69) is 5.16 Å². The first-order valence-corrected chi connectivity index (χ1v) is 6.31. The van der Waals surface area contributed by atoms with Crippen molar-refractivity contribution in [2.45, 2.75) is 20.4 Å². The van der Waals surface area contributed by atoms with Crippen molar-refractivity contribution < 1.29 is 14.1 Å². The molecule has 0 spiro atoms. The number of hydrogen-bond donors (Lipinski definition) is 1. The maximum Gasteiger partial charge on any atom is 0.265 e. The van der Waals surface area contributed by atoms with Crippen LogP contribution in [0.3, 0.4) is 0 Å². The van der Waals surface area contributed by atoms with Crippen molar-refractivity contribution in [2.24, 2.45) is 0 Å². The summed E-state index contributed by atoms with van der Waals surface area (Å²) in [5, 5.41) is 3.91. The summed E-state index contributed by atoms with van der Waals surface area (Å²) in [6, 6.07) is 5.36. The molecule has 1 aromatic carbocycles. The van der Waals surface area contributed by atoms with Gasteiger partial charge in [-0.3, -0.25) is 9.69 Å². The quantitative estimate of drug-likeness (QED) is 0.844. The van der Waals surface area contributed by atoms with Gasteiger partial charge in [-0.15, -0.1) is 0 Å². The summed E-state index contributed by atoms with van der Waals surface area (Å²) in [4.78, 5) is 13.8.